The Morgan fingerprint density at radius 3 is 2.71 bits per heavy atom. The zero-order valence-electron chi connectivity index (χ0n) is 10.3. The van der Waals surface area contributed by atoms with Crippen LogP contribution >= 0.6 is 0 Å². The number of anilines is 1. The fraction of sp³-hybridized carbons (Fsp3) is 0.333. The number of benzene rings is 1. The van der Waals surface area contributed by atoms with Gasteiger partial charge in [-0.25, -0.2) is 4.98 Å². The second kappa shape index (κ2) is 3.76. The van der Waals surface area contributed by atoms with Gasteiger partial charge in [0.1, 0.15) is 0 Å². The Hall–Kier alpha value is -2.04. The number of fused-ring (bicyclic) bond motifs is 1. The molecule has 90 valence electrons. The summed E-state index contributed by atoms with van der Waals surface area (Å²) in [7, 11) is 0. The van der Waals surface area contributed by atoms with Gasteiger partial charge >= 0.3 is 0 Å². The van der Waals surface area contributed by atoms with Crippen molar-refractivity contribution in [2.45, 2.75) is 26.2 Å². The van der Waals surface area contributed by atoms with Gasteiger partial charge in [0.15, 0.2) is 5.96 Å². The van der Waals surface area contributed by atoms with E-state index in [1.54, 1.807) is 0 Å². The number of nitrogens with zero attached hydrogens (tertiary/aromatic N) is 1. The molecule has 1 aromatic carbocycles. The highest BCUT2D eigenvalue weighted by molar-refractivity contribution is 5.90. The van der Waals surface area contributed by atoms with Crippen molar-refractivity contribution in [3.63, 3.8) is 0 Å². The maximum absolute atomic E-state index is 7.15. The Kier molecular flexibility index (Phi) is 2.53. The van der Waals surface area contributed by atoms with Crippen LogP contribution in [0.15, 0.2) is 18.2 Å². The number of guanidine groups is 1. The highest BCUT2D eigenvalue weighted by Crippen LogP contribution is 2.25. The van der Waals surface area contributed by atoms with Gasteiger partial charge in [-0.15, -0.1) is 0 Å². The molecule has 0 fully saturated rings. The van der Waals surface area contributed by atoms with Crippen LogP contribution in [0.25, 0.3) is 11.0 Å². The second-order valence-electron chi connectivity index (χ2n) is 5.11. The molecule has 0 radical (unpaired) electrons. The van der Waals surface area contributed by atoms with Gasteiger partial charge in [-0.2, -0.15) is 0 Å². The van der Waals surface area contributed by atoms with E-state index in [1.807, 2.05) is 6.07 Å². The molecule has 2 rings (SSSR count). The number of aromatic nitrogens is 2. The quantitative estimate of drug-likeness (QED) is 0.448. The van der Waals surface area contributed by atoms with E-state index >= 15 is 0 Å². The molecule has 0 saturated carbocycles. The van der Waals surface area contributed by atoms with E-state index in [1.165, 1.54) is 5.56 Å². The molecule has 0 aliphatic heterocycles. The van der Waals surface area contributed by atoms with Gasteiger partial charge in [-0.3, -0.25) is 10.7 Å². The summed E-state index contributed by atoms with van der Waals surface area (Å²) in [4.78, 5) is 7.40. The van der Waals surface area contributed by atoms with Crippen molar-refractivity contribution < 1.29 is 0 Å². The van der Waals surface area contributed by atoms with E-state index in [9.17, 15) is 0 Å². The predicted molar refractivity (Wildman–Crippen MR) is 70.3 cm³/mol. The first-order valence-corrected chi connectivity index (χ1v) is 5.47. The van der Waals surface area contributed by atoms with Crippen LogP contribution < -0.4 is 11.1 Å². The van der Waals surface area contributed by atoms with Gasteiger partial charge in [0.2, 0.25) is 5.95 Å². The normalized spacial score (nSPS) is 11.7. The lowest BCUT2D eigenvalue weighted by molar-refractivity contribution is 0.591. The summed E-state index contributed by atoms with van der Waals surface area (Å²) in [5.41, 5.74) is 8.39. The van der Waals surface area contributed by atoms with Crippen molar-refractivity contribution >= 4 is 22.9 Å². The SMILES string of the molecule is CC(C)(C)c1ccc2[nH]c(NC(=N)N)nc2c1. The van der Waals surface area contributed by atoms with Gasteiger partial charge in [-0.1, -0.05) is 26.8 Å². The van der Waals surface area contributed by atoms with E-state index in [4.69, 9.17) is 11.1 Å². The summed E-state index contributed by atoms with van der Waals surface area (Å²) in [5, 5.41) is 9.80. The monoisotopic (exact) mass is 231 g/mol. The molecule has 0 aliphatic rings. The van der Waals surface area contributed by atoms with Crippen LogP contribution in [-0.4, -0.2) is 15.9 Å². The molecule has 0 unspecified atom stereocenters. The third-order valence-electron chi connectivity index (χ3n) is 2.60. The molecule has 17 heavy (non-hydrogen) atoms. The van der Waals surface area contributed by atoms with Crippen LogP contribution in [-0.2, 0) is 5.41 Å². The molecule has 5 N–H and O–H groups in total. The Balaban J connectivity index is 2.44. The van der Waals surface area contributed by atoms with Crippen molar-refractivity contribution in [3.05, 3.63) is 23.8 Å². The van der Waals surface area contributed by atoms with E-state index in [2.05, 4.69) is 48.2 Å². The minimum absolute atomic E-state index is 0.0985. The summed E-state index contributed by atoms with van der Waals surface area (Å²) in [6.45, 7) is 6.49. The lowest BCUT2D eigenvalue weighted by atomic mass is 9.87. The molecule has 5 nitrogen and oxygen atoms in total. The van der Waals surface area contributed by atoms with Crippen molar-refractivity contribution in [1.29, 1.82) is 5.41 Å². The number of hydrogen-bond donors (Lipinski definition) is 4. The summed E-state index contributed by atoms with van der Waals surface area (Å²) in [6.07, 6.45) is 0. The highest BCUT2D eigenvalue weighted by atomic mass is 15.2. The Morgan fingerprint density at radius 2 is 2.12 bits per heavy atom. The van der Waals surface area contributed by atoms with Gasteiger partial charge in [-0.05, 0) is 23.1 Å². The third kappa shape index (κ3) is 2.38. The number of H-pyrrole nitrogens is 1. The first kappa shape index (κ1) is 11.4. The largest absolute Gasteiger partial charge is 0.370 e. The van der Waals surface area contributed by atoms with Crippen LogP contribution in [0.5, 0.6) is 0 Å². The van der Waals surface area contributed by atoms with Crippen LogP contribution in [0, 0.1) is 5.41 Å². The van der Waals surface area contributed by atoms with Crippen LogP contribution in [0.2, 0.25) is 0 Å². The first-order valence-electron chi connectivity index (χ1n) is 5.47. The van der Waals surface area contributed by atoms with Gasteiger partial charge in [0.25, 0.3) is 0 Å². The third-order valence-corrected chi connectivity index (χ3v) is 2.60. The topological polar surface area (TPSA) is 90.6 Å². The molecule has 0 bridgehead atoms. The van der Waals surface area contributed by atoms with Crippen molar-refractivity contribution in [2.24, 2.45) is 5.73 Å². The summed E-state index contributed by atoms with van der Waals surface area (Å²) < 4.78 is 0. The minimum atomic E-state index is -0.125. The number of nitrogens with two attached hydrogens (primary N) is 1. The van der Waals surface area contributed by atoms with Crippen molar-refractivity contribution in [3.8, 4) is 0 Å². The summed E-state index contributed by atoms with van der Waals surface area (Å²) in [5.74, 6) is 0.374. The summed E-state index contributed by atoms with van der Waals surface area (Å²) >= 11 is 0. The fourth-order valence-corrected chi connectivity index (χ4v) is 1.66. The van der Waals surface area contributed by atoms with E-state index in [-0.39, 0.29) is 11.4 Å². The zero-order valence-corrected chi connectivity index (χ0v) is 10.3. The van der Waals surface area contributed by atoms with Crippen molar-refractivity contribution in [2.75, 3.05) is 5.32 Å². The molecule has 0 saturated heterocycles. The molecule has 1 aromatic heterocycles. The van der Waals surface area contributed by atoms with E-state index in [0.29, 0.717) is 5.95 Å². The molecule has 2 aromatic rings. The average molecular weight is 231 g/mol. The van der Waals surface area contributed by atoms with E-state index < -0.39 is 0 Å². The number of aromatic amines is 1. The zero-order chi connectivity index (χ0) is 12.6. The number of rotatable bonds is 1. The Morgan fingerprint density at radius 1 is 1.41 bits per heavy atom. The lowest BCUT2D eigenvalue weighted by Gasteiger charge is -2.18. The van der Waals surface area contributed by atoms with Gasteiger partial charge in [0, 0.05) is 0 Å². The maximum Gasteiger partial charge on any atom is 0.208 e. The Labute approximate surface area is 99.9 Å². The second-order valence-corrected chi connectivity index (χ2v) is 5.11. The van der Waals surface area contributed by atoms with Crippen LogP contribution in [0.3, 0.4) is 0 Å². The van der Waals surface area contributed by atoms with Crippen LogP contribution in [0.1, 0.15) is 26.3 Å². The van der Waals surface area contributed by atoms with Crippen molar-refractivity contribution in [1.82, 2.24) is 9.97 Å². The smallest absolute Gasteiger partial charge is 0.208 e. The molecule has 0 amide bonds. The Bertz CT molecular complexity index is 562. The molecule has 0 aliphatic carbocycles. The number of nitrogens with one attached hydrogen (secondary N) is 3. The number of hydrogen-bond acceptors (Lipinski definition) is 2. The van der Waals surface area contributed by atoms with Gasteiger partial charge < -0.3 is 10.7 Å². The minimum Gasteiger partial charge on any atom is -0.370 e. The fourth-order valence-electron chi connectivity index (χ4n) is 1.66. The van der Waals surface area contributed by atoms with E-state index in [0.717, 1.165) is 11.0 Å². The maximum atomic E-state index is 7.15. The number of imidazole rings is 1. The molecule has 0 atom stereocenters. The summed E-state index contributed by atoms with van der Waals surface area (Å²) in [6, 6.07) is 6.13. The lowest BCUT2D eigenvalue weighted by Crippen LogP contribution is -2.21. The molecular weight excluding hydrogens is 214 g/mol. The molecule has 0 spiro atoms. The predicted octanol–water partition coefficient (Wildman–Crippen LogP) is 2.17. The first-order chi connectivity index (χ1) is 7.86. The van der Waals surface area contributed by atoms with Crippen LogP contribution in [0.4, 0.5) is 5.95 Å². The van der Waals surface area contributed by atoms with Gasteiger partial charge in [0.05, 0.1) is 11.0 Å². The molecular formula is C12H17N5. The standard InChI is InChI=1S/C12H17N5/c1-12(2,3)7-4-5-8-9(6-7)16-11(15-8)17-10(13)14/h4-6H,1-3H3,(H5,13,14,15,16,17). The highest BCUT2D eigenvalue weighted by Gasteiger charge is 2.14. The molecule has 5 heteroatoms. The molecule has 1 heterocycles. The average Bonchev–Trinajstić information content (AvgIpc) is 2.55.